The number of anilines is 3. The molecule has 2 heterocycles. The molecule has 81 heavy (non-hydrogen) atoms. The van der Waals surface area contributed by atoms with Crippen LogP contribution < -0.4 is 4.90 Å². The van der Waals surface area contributed by atoms with E-state index in [1.807, 2.05) is 0 Å². The third-order valence-corrected chi connectivity index (χ3v) is 20.3. The average molecular weight is 1090 g/mol. The Morgan fingerprint density at radius 2 is 0.938 bits per heavy atom. The topological polar surface area (TPSA) is 40.2 Å². The van der Waals surface area contributed by atoms with Gasteiger partial charge in [0.1, 0.15) is 0 Å². The van der Waals surface area contributed by atoms with Crippen LogP contribution in [0.1, 0.15) is 192 Å². The third-order valence-electron chi connectivity index (χ3n) is 20.3. The first-order chi connectivity index (χ1) is 39.8. The fourth-order valence-corrected chi connectivity index (χ4v) is 15.0. The molecule has 0 saturated carbocycles. The maximum atomic E-state index is 6.43. The highest BCUT2D eigenvalue weighted by atomic mass is 16.5. The van der Waals surface area contributed by atoms with Crippen LogP contribution >= 0.6 is 0 Å². The van der Waals surface area contributed by atoms with Crippen LogP contribution in [-0.2, 0) is 29.8 Å². The van der Waals surface area contributed by atoms with Gasteiger partial charge in [-0.05, 0) is 149 Å². The highest BCUT2D eigenvalue weighted by Crippen LogP contribution is 2.61. The Morgan fingerprint density at radius 1 is 0.444 bits per heavy atom. The van der Waals surface area contributed by atoms with E-state index in [4.69, 9.17) is 18.9 Å². The van der Waals surface area contributed by atoms with Crippen LogP contribution in [0.25, 0.3) is 33.4 Å². The van der Waals surface area contributed by atoms with E-state index in [1.165, 1.54) is 126 Å². The summed E-state index contributed by atoms with van der Waals surface area (Å²) in [4.78, 5) is 2.70. The summed E-state index contributed by atoms with van der Waals surface area (Å²) < 4.78 is 24.1. The number of unbranched alkanes of at least 4 members (excludes halogenated alkanes) is 6. The van der Waals surface area contributed by atoms with E-state index >= 15 is 0 Å². The molecule has 2 aliphatic carbocycles. The minimum Gasteiger partial charge on any atom is -0.381 e. The van der Waals surface area contributed by atoms with Gasteiger partial charge < -0.3 is 23.8 Å². The predicted molar refractivity (Wildman–Crippen MR) is 340 cm³/mol. The summed E-state index contributed by atoms with van der Waals surface area (Å²) in [6, 6.07) is 54.6. The highest BCUT2D eigenvalue weighted by Gasteiger charge is 2.48. The summed E-state index contributed by atoms with van der Waals surface area (Å²) in [5.41, 5.74) is 18.2. The average Bonchev–Trinajstić information content (AvgIpc) is 3.32. The summed E-state index contributed by atoms with van der Waals surface area (Å²) in [6.45, 7) is 20.8. The molecule has 2 saturated heterocycles. The largest absolute Gasteiger partial charge is 0.381 e. The summed E-state index contributed by atoms with van der Waals surface area (Å²) in [5.74, 6) is 1.31. The van der Waals surface area contributed by atoms with E-state index in [0.717, 1.165) is 117 Å². The Kier molecular flexibility index (Phi) is 20.1. The fourth-order valence-electron chi connectivity index (χ4n) is 15.0. The van der Waals surface area contributed by atoms with Gasteiger partial charge in [-0.2, -0.15) is 0 Å². The second-order valence-electron chi connectivity index (χ2n) is 25.6. The van der Waals surface area contributed by atoms with E-state index < -0.39 is 0 Å². The molecule has 2 atom stereocenters. The maximum absolute atomic E-state index is 6.43. The summed E-state index contributed by atoms with van der Waals surface area (Å²) in [6.07, 6.45) is 23.6. The Labute approximate surface area is 490 Å². The minimum atomic E-state index is -0.185. The Morgan fingerprint density at radius 3 is 1.47 bits per heavy atom. The van der Waals surface area contributed by atoms with Crippen molar-refractivity contribution in [1.29, 1.82) is 0 Å². The van der Waals surface area contributed by atoms with Crippen molar-refractivity contribution in [3.05, 3.63) is 162 Å². The van der Waals surface area contributed by atoms with Crippen molar-refractivity contribution in [1.82, 2.24) is 0 Å². The number of hydrogen-bond acceptors (Lipinski definition) is 5. The van der Waals surface area contributed by atoms with E-state index in [0.29, 0.717) is 11.8 Å². The number of rotatable bonds is 34. The van der Waals surface area contributed by atoms with Gasteiger partial charge in [0.15, 0.2) is 0 Å². The lowest BCUT2D eigenvalue weighted by molar-refractivity contribution is -0.150. The lowest BCUT2D eigenvalue weighted by Gasteiger charge is -2.40. The normalized spacial score (nSPS) is 18.5. The van der Waals surface area contributed by atoms with Crippen LogP contribution in [0.5, 0.6) is 0 Å². The molecule has 6 aromatic rings. The van der Waals surface area contributed by atoms with E-state index in [1.54, 1.807) is 11.1 Å². The van der Waals surface area contributed by atoms with Crippen molar-refractivity contribution in [3.63, 3.8) is 0 Å². The van der Waals surface area contributed by atoms with Gasteiger partial charge in [0.2, 0.25) is 0 Å². The first-order valence-corrected chi connectivity index (χ1v) is 32.5. The third kappa shape index (κ3) is 12.6. The molecule has 6 aromatic carbocycles. The van der Waals surface area contributed by atoms with Crippen LogP contribution in [0, 0.1) is 22.7 Å². The smallest absolute Gasteiger partial charge is 0.0566 e. The van der Waals surface area contributed by atoms with Crippen molar-refractivity contribution in [3.8, 4) is 33.4 Å². The standard InChI is InChI=1S/C76H99NO4/c1-7-13-29-58(9-3)50-76(51-59(10-4)30-14-8-2)69-37-23-20-33-64(69)66-44-43-63(49-70(66)76)77(62-41-39-61(40-42-62)60-31-18-15-19-32-60)71-38-28-35-67-65-34-21-22-36-68(65)75(72(67)71,45-24-16-26-47-78-52-73(11-5)54-80-55-73)46-25-17-27-48-79-53-74(12-6)56-81-57-74/h15,18-23,28,31-44,49,58-59H,7-14,16-17,24-27,29-30,45-48,50-57H2,1-6H3. The van der Waals surface area contributed by atoms with Crippen molar-refractivity contribution in [2.45, 2.75) is 181 Å². The lowest BCUT2D eigenvalue weighted by atomic mass is 9.65. The molecule has 0 bridgehead atoms. The fraction of sp³-hybridized carbons (Fsp3) is 0.526. The summed E-state index contributed by atoms with van der Waals surface area (Å²) >= 11 is 0. The zero-order chi connectivity index (χ0) is 56.1. The molecule has 0 aromatic heterocycles. The molecule has 432 valence electrons. The van der Waals surface area contributed by atoms with Gasteiger partial charge in [0.25, 0.3) is 0 Å². The van der Waals surface area contributed by atoms with Crippen molar-refractivity contribution < 1.29 is 18.9 Å². The second kappa shape index (κ2) is 27.6. The van der Waals surface area contributed by atoms with Gasteiger partial charge in [-0.1, -0.05) is 228 Å². The van der Waals surface area contributed by atoms with E-state index in [2.05, 4.69) is 186 Å². The maximum Gasteiger partial charge on any atom is 0.0566 e. The number of hydrogen-bond donors (Lipinski definition) is 0. The molecule has 0 amide bonds. The van der Waals surface area contributed by atoms with E-state index in [9.17, 15) is 0 Å². The van der Waals surface area contributed by atoms with Gasteiger partial charge >= 0.3 is 0 Å². The second-order valence-corrected chi connectivity index (χ2v) is 25.6. The van der Waals surface area contributed by atoms with Crippen molar-refractivity contribution >= 4 is 17.1 Å². The number of fused-ring (bicyclic) bond motifs is 6. The highest BCUT2D eigenvalue weighted by molar-refractivity contribution is 5.92. The quantitative estimate of drug-likeness (QED) is 0.0377. The summed E-state index contributed by atoms with van der Waals surface area (Å²) in [5, 5.41) is 0. The van der Waals surface area contributed by atoms with Gasteiger partial charge in [-0.25, -0.2) is 0 Å². The Bertz CT molecular complexity index is 2850. The van der Waals surface area contributed by atoms with Gasteiger partial charge in [0, 0.05) is 46.2 Å². The van der Waals surface area contributed by atoms with Crippen LogP contribution in [0.2, 0.25) is 0 Å². The molecule has 0 radical (unpaired) electrons. The van der Waals surface area contributed by atoms with Gasteiger partial charge in [-0.3, -0.25) is 0 Å². The zero-order valence-electron chi connectivity index (χ0n) is 50.8. The Hall–Kier alpha value is -5.04. The zero-order valence-corrected chi connectivity index (χ0v) is 50.8. The van der Waals surface area contributed by atoms with Gasteiger partial charge in [-0.15, -0.1) is 0 Å². The summed E-state index contributed by atoms with van der Waals surface area (Å²) in [7, 11) is 0. The molecule has 2 fully saturated rings. The molecular weight excluding hydrogens is 991 g/mol. The van der Waals surface area contributed by atoms with Crippen LogP contribution in [0.15, 0.2) is 140 Å². The SMILES string of the molecule is CCCCC(CC)CC1(CC(CC)CCCC)c2ccccc2-c2ccc(N(c3ccc(-c4ccccc4)cc3)c3cccc4c3C(CCCCCOCC3(CC)COC3)(CCCCCOCC3(CC)COC3)c3ccccc3-4)cc21. The number of ether oxygens (including phenoxy) is 4. The first kappa shape index (κ1) is 59.1. The molecule has 0 spiro atoms. The first-order valence-electron chi connectivity index (χ1n) is 32.5. The van der Waals surface area contributed by atoms with Crippen molar-refractivity contribution in [2.75, 3.05) is 57.8 Å². The molecule has 5 heteroatoms. The van der Waals surface area contributed by atoms with Crippen molar-refractivity contribution in [2.24, 2.45) is 22.7 Å². The minimum absolute atomic E-state index is 0.0781. The van der Waals surface area contributed by atoms with Crippen LogP contribution in [-0.4, -0.2) is 52.9 Å². The molecule has 2 aliphatic heterocycles. The van der Waals surface area contributed by atoms with Crippen LogP contribution in [0.3, 0.4) is 0 Å². The molecule has 2 unspecified atom stereocenters. The monoisotopic (exact) mass is 1090 g/mol. The molecule has 10 rings (SSSR count). The molecule has 4 aliphatic rings. The molecule has 5 nitrogen and oxygen atoms in total. The predicted octanol–water partition coefficient (Wildman–Crippen LogP) is 20.6. The Balaban J connectivity index is 1.08. The number of nitrogens with zero attached hydrogens (tertiary/aromatic N) is 1. The lowest BCUT2D eigenvalue weighted by Crippen LogP contribution is -2.45. The van der Waals surface area contributed by atoms with Crippen LogP contribution in [0.4, 0.5) is 17.1 Å². The van der Waals surface area contributed by atoms with Gasteiger partial charge in [0.05, 0.1) is 45.3 Å². The molecular formula is C76H99NO4. The molecule has 0 N–H and O–H groups in total. The van der Waals surface area contributed by atoms with E-state index in [-0.39, 0.29) is 21.7 Å². The number of benzene rings is 6.